The Morgan fingerprint density at radius 1 is 1.47 bits per heavy atom. The maximum absolute atomic E-state index is 5.30. The second-order valence-corrected chi connectivity index (χ2v) is 5.70. The summed E-state index contributed by atoms with van der Waals surface area (Å²) in [6.45, 7) is 7.06. The van der Waals surface area contributed by atoms with Gasteiger partial charge in [0.25, 0.3) is 0 Å². The Labute approximate surface area is 109 Å². The highest BCUT2D eigenvalue weighted by atomic mass is 32.1. The SMILES string of the molecule is COCC(CNC(C)C)N(C)Cc1cccs1. The van der Waals surface area contributed by atoms with Gasteiger partial charge in [-0.25, -0.2) is 0 Å². The zero-order valence-electron chi connectivity index (χ0n) is 11.3. The molecular weight excluding hydrogens is 232 g/mol. The van der Waals surface area contributed by atoms with Gasteiger partial charge in [-0.3, -0.25) is 4.90 Å². The number of hydrogen-bond donors (Lipinski definition) is 1. The van der Waals surface area contributed by atoms with Gasteiger partial charge in [0.15, 0.2) is 0 Å². The molecule has 1 aromatic rings. The zero-order valence-corrected chi connectivity index (χ0v) is 12.1. The van der Waals surface area contributed by atoms with E-state index in [9.17, 15) is 0 Å². The summed E-state index contributed by atoms with van der Waals surface area (Å²) in [5, 5.41) is 5.60. The minimum absolute atomic E-state index is 0.421. The third-order valence-electron chi connectivity index (χ3n) is 2.73. The quantitative estimate of drug-likeness (QED) is 0.771. The second kappa shape index (κ2) is 7.82. The molecule has 0 radical (unpaired) electrons. The van der Waals surface area contributed by atoms with E-state index in [1.807, 2.05) is 11.3 Å². The monoisotopic (exact) mass is 256 g/mol. The van der Waals surface area contributed by atoms with E-state index < -0.39 is 0 Å². The predicted molar refractivity (Wildman–Crippen MR) is 74.6 cm³/mol. The van der Waals surface area contributed by atoms with Crippen LogP contribution in [0.15, 0.2) is 17.5 Å². The molecule has 0 amide bonds. The maximum Gasteiger partial charge on any atom is 0.0630 e. The molecule has 0 saturated carbocycles. The van der Waals surface area contributed by atoms with Gasteiger partial charge in [0.2, 0.25) is 0 Å². The number of likely N-dealkylation sites (N-methyl/N-ethyl adjacent to an activating group) is 1. The lowest BCUT2D eigenvalue weighted by molar-refractivity contribution is 0.101. The zero-order chi connectivity index (χ0) is 12.7. The van der Waals surface area contributed by atoms with E-state index in [4.69, 9.17) is 4.74 Å². The molecule has 1 heterocycles. The van der Waals surface area contributed by atoms with Gasteiger partial charge in [-0.2, -0.15) is 0 Å². The van der Waals surface area contributed by atoms with Crippen LogP contribution in [0.2, 0.25) is 0 Å². The van der Waals surface area contributed by atoms with Crippen LogP contribution in [-0.2, 0) is 11.3 Å². The molecule has 0 saturated heterocycles. The summed E-state index contributed by atoms with van der Waals surface area (Å²) in [6, 6.07) is 5.22. The molecular formula is C13H24N2OS. The molecule has 0 aliphatic carbocycles. The van der Waals surface area contributed by atoms with E-state index in [2.05, 4.69) is 48.6 Å². The topological polar surface area (TPSA) is 24.5 Å². The second-order valence-electron chi connectivity index (χ2n) is 4.67. The summed E-state index contributed by atoms with van der Waals surface area (Å²) < 4.78 is 5.30. The fourth-order valence-electron chi connectivity index (χ4n) is 1.68. The van der Waals surface area contributed by atoms with Crippen molar-refractivity contribution in [2.24, 2.45) is 0 Å². The Morgan fingerprint density at radius 3 is 2.76 bits per heavy atom. The number of rotatable bonds is 8. The first-order chi connectivity index (χ1) is 8.13. The van der Waals surface area contributed by atoms with E-state index in [0.717, 1.165) is 19.7 Å². The van der Waals surface area contributed by atoms with Gasteiger partial charge < -0.3 is 10.1 Å². The highest BCUT2D eigenvalue weighted by Crippen LogP contribution is 2.12. The van der Waals surface area contributed by atoms with Crippen molar-refractivity contribution in [2.45, 2.75) is 32.5 Å². The number of ether oxygens (including phenoxy) is 1. The molecule has 1 rings (SSSR count). The fourth-order valence-corrected chi connectivity index (χ4v) is 2.45. The van der Waals surface area contributed by atoms with Crippen LogP contribution in [0.5, 0.6) is 0 Å². The molecule has 98 valence electrons. The predicted octanol–water partition coefficient (Wildman–Crippen LogP) is 2.19. The van der Waals surface area contributed by atoms with Crippen molar-refractivity contribution in [1.82, 2.24) is 10.2 Å². The van der Waals surface area contributed by atoms with Gasteiger partial charge in [-0.05, 0) is 18.5 Å². The van der Waals surface area contributed by atoms with E-state index >= 15 is 0 Å². The van der Waals surface area contributed by atoms with Crippen LogP contribution < -0.4 is 5.32 Å². The number of nitrogens with zero attached hydrogens (tertiary/aromatic N) is 1. The molecule has 0 fully saturated rings. The standard InChI is InChI=1S/C13H24N2OS/c1-11(2)14-8-12(10-16-4)15(3)9-13-6-5-7-17-13/h5-7,11-12,14H,8-10H2,1-4H3. The Kier molecular flexibility index (Phi) is 6.73. The van der Waals surface area contributed by atoms with Crippen molar-refractivity contribution in [3.63, 3.8) is 0 Å². The van der Waals surface area contributed by atoms with E-state index in [1.54, 1.807) is 7.11 Å². The lowest BCUT2D eigenvalue weighted by Gasteiger charge is -2.28. The van der Waals surface area contributed by atoms with Crippen molar-refractivity contribution < 1.29 is 4.74 Å². The molecule has 0 aromatic carbocycles. The number of thiophene rings is 1. The van der Waals surface area contributed by atoms with E-state index in [-0.39, 0.29) is 0 Å². The van der Waals surface area contributed by atoms with E-state index in [1.165, 1.54) is 4.88 Å². The molecule has 4 heteroatoms. The van der Waals surface area contributed by atoms with Crippen molar-refractivity contribution in [1.29, 1.82) is 0 Å². The highest BCUT2D eigenvalue weighted by molar-refractivity contribution is 7.09. The average Bonchev–Trinajstić information content (AvgIpc) is 2.76. The molecule has 1 aromatic heterocycles. The summed E-state index contributed by atoms with van der Waals surface area (Å²) in [6.07, 6.45) is 0. The lowest BCUT2D eigenvalue weighted by atomic mass is 10.2. The Bertz CT molecular complexity index is 288. The van der Waals surface area contributed by atoms with Gasteiger partial charge in [0.05, 0.1) is 6.61 Å². The van der Waals surface area contributed by atoms with Crippen molar-refractivity contribution in [3.8, 4) is 0 Å². The molecule has 17 heavy (non-hydrogen) atoms. The highest BCUT2D eigenvalue weighted by Gasteiger charge is 2.15. The molecule has 1 atom stereocenters. The summed E-state index contributed by atoms with van der Waals surface area (Å²) in [4.78, 5) is 3.75. The molecule has 1 unspecified atom stereocenters. The third-order valence-corrected chi connectivity index (χ3v) is 3.59. The van der Waals surface area contributed by atoms with Gasteiger partial charge in [-0.1, -0.05) is 19.9 Å². The van der Waals surface area contributed by atoms with Crippen LogP contribution in [0.3, 0.4) is 0 Å². The van der Waals surface area contributed by atoms with Gasteiger partial charge in [0.1, 0.15) is 0 Å². The smallest absolute Gasteiger partial charge is 0.0630 e. The number of methoxy groups -OCH3 is 1. The van der Waals surface area contributed by atoms with Crippen LogP contribution in [0.1, 0.15) is 18.7 Å². The van der Waals surface area contributed by atoms with Crippen LogP contribution in [0, 0.1) is 0 Å². The van der Waals surface area contributed by atoms with Crippen LogP contribution in [-0.4, -0.2) is 44.3 Å². The molecule has 1 N–H and O–H groups in total. The third kappa shape index (κ3) is 5.64. The minimum Gasteiger partial charge on any atom is -0.383 e. The first-order valence-electron chi connectivity index (χ1n) is 6.08. The van der Waals surface area contributed by atoms with Crippen LogP contribution in [0.4, 0.5) is 0 Å². The Balaban J connectivity index is 2.44. The van der Waals surface area contributed by atoms with Gasteiger partial charge >= 0.3 is 0 Å². The summed E-state index contributed by atoms with van der Waals surface area (Å²) >= 11 is 1.81. The Morgan fingerprint density at radius 2 is 2.24 bits per heavy atom. The average molecular weight is 256 g/mol. The Hall–Kier alpha value is -0.420. The van der Waals surface area contributed by atoms with Crippen molar-refractivity contribution in [3.05, 3.63) is 22.4 Å². The number of hydrogen-bond acceptors (Lipinski definition) is 4. The first-order valence-corrected chi connectivity index (χ1v) is 6.96. The molecule has 3 nitrogen and oxygen atoms in total. The van der Waals surface area contributed by atoms with Crippen molar-refractivity contribution >= 4 is 11.3 Å². The maximum atomic E-state index is 5.30. The summed E-state index contributed by atoms with van der Waals surface area (Å²) in [7, 11) is 3.92. The lowest BCUT2D eigenvalue weighted by Crippen LogP contribution is -2.44. The number of nitrogens with one attached hydrogen (secondary N) is 1. The van der Waals surface area contributed by atoms with E-state index in [0.29, 0.717) is 12.1 Å². The largest absolute Gasteiger partial charge is 0.383 e. The van der Waals surface area contributed by atoms with Crippen LogP contribution in [0.25, 0.3) is 0 Å². The minimum atomic E-state index is 0.421. The summed E-state index contributed by atoms with van der Waals surface area (Å²) in [5.74, 6) is 0. The molecule has 0 spiro atoms. The molecule has 0 aliphatic rings. The molecule has 0 aliphatic heterocycles. The summed E-state index contributed by atoms with van der Waals surface area (Å²) in [5.41, 5.74) is 0. The van der Waals surface area contributed by atoms with Crippen molar-refractivity contribution in [2.75, 3.05) is 27.3 Å². The van der Waals surface area contributed by atoms with Gasteiger partial charge in [-0.15, -0.1) is 11.3 Å². The molecule has 0 bridgehead atoms. The first kappa shape index (κ1) is 14.6. The normalized spacial score (nSPS) is 13.5. The van der Waals surface area contributed by atoms with Gasteiger partial charge in [0, 0.05) is 37.2 Å². The fraction of sp³-hybridized carbons (Fsp3) is 0.692. The van der Waals surface area contributed by atoms with Crippen LogP contribution >= 0.6 is 11.3 Å².